The van der Waals surface area contributed by atoms with Gasteiger partial charge >= 0.3 is 0 Å². The summed E-state index contributed by atoms with van der Waals surface area (Å²) in [5, 5.41) is 0. The Labute approximate surface area is 37.1 Å². The van der Waals surface area contributed by atoms with Crippen molar-refractivity contribution in [3.63, 3.8) is 0 Å². The van der Waals surface area contributed by atoms with Crippen molar-refractivity contribution in [2.45, 2.75) is 20.0 Å². The average molecular weight is 92.1 g/mol. The lowest BCUT2D eigenvalue weighted by atomic mass is 10.5. The minimum Gasteiger partial charge on any atom is -0.348 e. The second-order valence-corrected chi connectivity index (χ2v) is 1.32. The van der Waals surface area contributed by atoms with Crippen LogP contribution >= 0.6 is 0 Å². The minimum atomic E-state index is -0.669. The summed E-state index contributed by atoms with van der Waals surface area (Å²) >= 11 is 0. The molecule has 0 radical (unpaired) electrons. The highest BCUT2D eigenvalue weighted by atomic mass is 19.1. The molecule has 0 aliphatic heterocycles. The van der Waals surface area contributed by atoms with Gasteiger partial charge in [0.05, 0.1) is 6.10 Å². The zero-order chi connectivity index (χ0) is 4.99. The Kier molecular flexibility index (Phi) is 3.04. The summed E-state index contributed by atoms with van der Waals surface area (Å²) in [5.74, 6) is 0. The predicted molar refractivity (Wildman–Crippen MR) is 22.2 cm³/mol. The number of ether oxygens (including phenoxy) is 1. The van der Waals surface area contributed by atoms with Crippen LogP contribution in [0.3, 0.4) is 0 Å². The average Bonchev–Trinajstić information content (AvgIpc) is 1.35. The van der Waals surface area contributed by atoms with Crippen molar-refractivity contribution in [1.29, 1.82) is 0 Å². The van der Waals surface area contributed by atoms with Crippen LogP contribution in [0.25, 0.3) is 0 Å². The number of alkyl halides is 1. The summed E-state index contributed by atoms with van der Waals surface area (Å²) in [6.45, 7) is 2.91. The molecule has 0 aromatic carbocycles. The number of hydrogen-bond donors (Lipinski definition) is 0. The lowest BCUT2D eigenvalue weighted by Crippen LogP contribution is -1.99. The molecular weight excluding hydrogens is 83.0 g/mol. The molecule has 0 aliphatic carbocycles. The second kappa shape index (κ2) is 3.09. The van der Waals surface area contributed by atoms with Crippen molar-refractivity contribution in [2.24, 2.45) is 0 Å². The Morgan fingerprint density at radius 1 is 1.67 bits per heavy atom. The highest BCUT2D eigenvalue weighted by Gasteiger charge is 1.85. The molecular formula is C4H9FO. The van der Waals surface area contributed by atoms with Crippen LogP contribution in [0.2, 0.25) is 0 Å². The fourth-order valence-corrected chi connectivity index (χ4v) is 0.126. The molecule has 2 heteroatoms. The summed E-state index contributed by atoms with van der Waals surface area (Å²) in [4.78, 5) is 0. The Balaban J connectivity index is 2.63. The van der Waals surface area contributed by atoms with Gasteiger partial charge in [-0.25, -0.2) is 4.39 Å². The predicted octanol–water partition coefficient (Wildman–Crippen LogP) is 1.34. The topological polar surface area (TPSA) is 9.23 Å². The summed E-state index contributed by atoms with van der Waals surface area (Å²) < 4.78 is 15.4. The van der Waals surface area contributed by atoms with E-state index >= 15 is 0 Å². The van der Waals surface area contributed by atoms with Gasteiger partial charge in [0.1, 0.15) is 0 Å². The van der Waals surface area contributed by atoms with Crippen LogP contribution in [0.4, 0.5) is 4.39 Å². The van der Waals surface area contributed by atoms with Gasteiger partial charge in [0.2, 0.25) is 0 Å². The molecule has 0 spiro atoms. The van der Waals surface area contributed by atoms with Gasteiger partial charge in [-0.1, -0.05) is 0 Å². The highest BCUT2D eigenvalue weighted by molar-refractivity contribution is 4.28. The highest BCUT2D eigenvalue weighted by Crippen LogP contribution is 1.84. The van der Waals surface area contributed by atoms with Crippen LogP contribution in [0, 0.1) is 0 Å². The smallest absolute Gasteiger partial charge is 0.188 e. The fraction of sp³-hybridized carbons (Fsp3) is 1.00. The third-order valence-electron chi connectivity index (χ3n) is 0.396. The zero-order valence-electron chi connectivity index (χ0n) is 4.07. The number of rotatable bonds is 2. The van der Waals surface area contributed by atoms with Gasteiger partial charge in [0.25, 0.3) is 0 Å². The van der Waals surface area contributed by atoms with Crippen molar-refractivity contribution in [3.8, 4) is 0 Å². The molecule has 6 heavy (non-hydrogen) atoms. The van der Waals surface area contributed by atoms with Gasteiger partial charge in [0.15, 0.2) is 6.86 Å². The third kappa shape index (κ3) is 3.89. The molecule has 0 fully saturated rings. The van der Waals surface area contributed by atoms with Gasteiger partial charge in [-0.05, 0) is 13.8 Å². The third-order valence-corrected chi connectivity index (χ3v) is 0.396. The van der Waals surface area contributed by atoms with Crippen molar-refractivity contribution in [3.05, 3.63) is 0 Å². The summed E-state index contributed by atoms with van der Waals surface area (Å²) in [6, 6.07) is 0. The second-order valence-electron chi connectivity index (χ2n) is 1.32. The summed E-state index contributed by atoms with van der Waals surface area (Å²) in [6.07, 6.45) is 0.0231. The molecule has 0 amide bonds. The van der Waals surface area contributed by atoms with E-state index in [-0.39, 0.29) is 6.10 Å². The van der Waals surface area contributed by atoms with Crippen molar-refractivity contribution < 1.29 is 9.13 Å². The molecule has 0 saturated carbocycles. The molecule has 0 bridgehead atoms. The van der Waals surface area contributed by atoms with E-state index in [1.54, 1.807) is 13.8 Å². The van der Waals surface area contributed by atoms with E-state index < -0.39 is 6.86 Å². The normalized spacial score (nSPS) is 10.0. The van der Waals surface area contributed by atoms with Gasteiger partial charge in [-0.3, -0.25) is 0 Å². The van der Waals surface area contributed by atoms with Crippen molar-refractivity contribution >= 4 is 0 Å². The molecule has 0 aromatic heterocycles. The van der Waals surface area contributed by atoms with Crippen molar-refractivity contribution in [1.82, 2.24) is 0 Å². The van der Waals surface area contributed by atoms with Crippen LogP contribution in [-0.2, 0) is 4.74 Å². The Hall–Kier alpha value is -0.110. The van der Waals surface area contributed by atoms with Crippen LogP contribution < -0.4 is 0 Å². The molecule has 0 saturated heterocycles. The van der Waals surface area contributed by atoms with E-state index in [0.717, 1.165) is 0 Å². The molecule has 0 N–H and O–H groups in total. The quantitative estimate of drug-likeness (QED) is 0.499. The van der Waals surface area contributed by atoms with E-state index in [1.807, 2.05) is 0 Å². The van der Waals surface area contributed by atoms with Gasteiger partial charge in [-0.2, -0.15) is 0 Å². The maximum atomic E-state index is 11.0. The van der Waals surface area contributed by atoms with Crippen LogP contribution in [-0.4, -0.2) is 13.0 Å². The Bertz CT molecular complexity index is 28.7. The first-order chi connectivity index (χ1) is 2.77. The maximum Gasteiger partial charge on any atom is 0.188 e. The molecule has 0 aromatic rings. The SMILES string of the molecule is CC(C)OCF. The first-order valence-electron chi connectivity index (χ1n) is 1.95. The van der Waals surface area contributed by atoms with E-state index in [4.69, 9.17) is 0 Å². The summed E-state index contributed by atoms with van der Waals surface area (Å²) in [7, 11) is 0. The van der Waals surface area contributed by atoms with E-state index in [1.165, 1.54) is 0 Å². The first kappa shape index (κ1) is 5.89. The minimum absolute atomic E-state index is 0.0231. The van der Waals surface area contributed by atoms with Crippen LogP contribution in [0.1, 0.15) is 13.8 Å². The van der Waals surface area contributed by atoms with E-state index in [0.29, 0.717) is 0 Å². The maximum absolute atomic E-state index is 11.0. The monoisotopic (exact) mass is 92.1 g/mol. The summed E-state index contributed by atoms with van der Waals surface area (Å²) in [5.41, 5.74) is 0. The molecule has 0 rings (SSSR count). The zero-order valence-corrected chi connectivity index (χ0v) is 4.07. The standard InChI is InChI=1S/C4H9FO/c1-4(2)6-3-5/h4H,3H2,1-2H3. The van der Waals surface area contributed by atoms with Crippen LogP contribution in [0.15, 0.2) is 0 Å². The lowest BCUT2D eigenvalue weighted by molar-refractivity contribution is 0.0152. The van der Waals surface area contributed by atoms with Gasteiger partial charge < -0.3 is 4.74 Å². The van der Waals surface area contributed by atoms with Gasteiger partial charge in [-0.15, -0.1) is 0 Å². The number of halogens is 1. The molecule has 1 nitrogen and oxygen atoms in total. The van der Waals surface area contributed by atoms with Gasteiger partial charge in [0, 0.05) is 0 Å². The fourth-order valence-electron chi connectivity index (χ4n) is 0.126. The largest absolute Gasteiger partial charge is 0.348 e. The Morgan fingerprint density at radius 2 is 2.17 bits per heavy atom. The molecule has 0 aliphatic rings. The molecule has 0 atom stereocenters. The Morgan fingerprint density at radius 3 is 2.17 bits per heavy atom. The van der Waals surface area contributed by atoms with Crippen LogP contribution in [0.5, 0.6) is 0 Å². The lowest BCUT2D eigenvalue weighted by Gasteiger charge is -1.98. The first-order valence-corrected chi connectivity index (χ1v) is 1.95. The molecule has 38 valence electrons. The van der Waals surface area contributed by atoms with E-state index in [9.17, 15) is 4.39 Å². The van der Waals surface area contributed by atoms with E-state index in [2.05, 4.69) is 4.74 Å². The molecule has 0 heterocycles. The number of hydrogen-bond acceptors (Lipinski definition) is 1. The van der Waals surface area contributed by atoms with Crippen molar-refractivity contribution in [2.75, 3.05) is 6.86 Å². The molecule has 0 unspecified atom stereocenters.